The van der Waals surface area contributed by atoms with E-state index in [0.717, 1.165) is 34.7 Å². The Hall–Kier alpha value is -2.01. The Morgan fingerprint density at radius 2 is 2.10 bits per heavy atom. The van der Waals surface area contributed by atoms with Crippen molar-refractivity contribution in [3.63, 3.8) is 0 Å². The number of amidine groups is 1. The summed E-state index contributed by atoms with van der Waals surface area (Å²) in [6.45, 7) is 2.03. The number of carbonyl (C=O) groups is 1. The maximum Gasteiger partial charge on any atom is 0.286 e. The van der Waals surface area contributed by atoms with Gasteiger partial charge in [-0.2, -0.15) is 4.99 Å². The molecule has 0 spiro atoms. The third-order valence-electron chi connectivity index (χ3n) is 3.89. The number of aromatic nitrogens is 1. The molecule has 1 saturated heterocycles. The molecule has 1 amide bonds. The van der Waals surface area contributed by atoms with Crippen LogP contribution in [0, 0.1) is 0 Å². The second-order valence-electron chi connectivity index (χ2n) is 5.29. The number of H-pyrrole nitrogens is 1. The topological polar surface area (TPSA) is 48.5 Å². The largest absolute Gasteiger partial charge is 0.361 e. The van der Waals surface area contributed by atoms with Crippen molar-refractivity contribution >= 4 is 39.8 Å². The number of nitrogens with zero attached hydrogens (tertiary/aromatic N) is 2. The van der Waals surface area contributed by atoms with Gasteiger partial charge in [0.15, 0.2) is 5.17 Å². The van der Waals surface area contributed by atoms with E-state index in [1.807, 2.05) is 30.5 Å². The number of nitrogens with one attached hydrogen (secondary N) is 1. The Balaban J connectivity index is 1.65. The summed E-state index contributed by atoms with van der Waals surface area (Å²) in [5.74, 6) is -0.120. The van der Waals surface area contributed by atoms with E-state index in [2.05, 4.69) is 20.9 Å². The highest BCUT2D eigenvalue weighted by molar-refractivity contribution is 8.18. The molecule has 0 radical (unpaired) electrons. The van der Waals surface area contributed by atoms with Gasteiger partial charge in [0.25, 0.3) is 5.91 Å². The molecule has 4 nitrogen and oxygen atoms in total. The Morgan fingerprint density at radius 1 is 1.24 bits per heavy atom. The van der Waals surface area contributed by atoms with Crippen molar-refractivity contribution in [2.24, 2.45) is 4.99 Å². The molecule has 5 heteroatoms. The van der Waals surface area contributed by atoms with Crippen LogP contribution < -0.4 is 0 Å². The predicted octanol–water partition coefficient (Wildman–Crippen LogP) is 3.23. The number of carbonyl (C=O) groups excluding carboxylic acids is 1. The molecule has 3 heterocycles. The van der Waals surface area contributed by atoms with Gasteiger partial charge in [0.05, 0.1) is 10.4 Å². The minimum Gasteiger partial charge on any atom is -0.361 e. The van der Waals surface area contributed by atoms with Crippen molar-refractivity contribution < 1.29 is 4.79 Å². The number of rotatable bonds is 1. The van der Waals surface area contributed by atoms with Gasteiger partial charge in [-0.25, -0.2) is 0 Å². The molecule has 0 atom stereocenters. The number of benzene rings is 1. The molecule has 2 aliphatic rings. The summed E-state index contributed by atoms with van der Waals surface area (Å²) >= 11 is 1.50. The van der Waals surface area contributed by atoms with Crippen LogP contribution in [-0.4, -0.2) is 34.0 Å². The lowest BCUT2D eigenvalue weighted by Crippen LogP contribution is -2.23. The summed E-state index contributed by atoms with van der Waals surface area (Å²) in [7, 11) is 0. The van der Waals surface area contributed by atoms with Gasteiger partial charge in [0.2, 0.25) is 0 Å². The van der Waals surface area contributed by atoms with E-state index < -0.39 is 0 Å². The standard InChI is InChI=1S/C16H15N3OS/c20-15-13(21-16(18-15)19-8-1-2-9-19)10-12-5-3-4-11-6-7-17-14(11)12/h3-7,10,17H,1-2,8-9H2/b13-10-. The molecule has 1 aromatic heterocycles. The molecule has 1 aromatic carbocycles. The molecule has 1 N–H and O–H groups in total. The zero-order chi connectivity index (χ0) is 14.2. The number of fused-ring (bicyclic) bond motifs is 1. The zero-order valence-corrected chi connectivity index (χ0v) is 12.3. The number of amides is 1. The number of hydrogen-bond acceptors (Lipinski definition) is 3. The van der Waals surface area contributed by atoms with Gasteiger partial charge in [-0.1, -0.05) is 18.2 Å². The van der Waals surface area contributed by atoms with E-state index >= 15 is 0 Å². The molecule has 2 aromatic rings. The lowest BCUT2D eigenvalue weighted by Gasteiger charge is -2.14. The van der Waals surface area contributed by atoms with E-state index in [0.29, 0.717) is 4.91 Å². The highest BCUT2D eigenvalue weighted by Gasteiger charge is 2.27. The monoisotopic (exact) mass is 297 g/mol. The Labute approximate surface area is 126 Å². The van der Waals surface area contributed by atoms with Crippen molar-refractivity contribution in [3.05, 3.63) is 40.9 Å². The van der Waals surface area contributed by atoms with E-state index in [-0.39, 0.29) is 5.91 Å². The van der Waals surface area contributed by atoms with Crippen molar-refractivity contribution in [1.29, 1.82) is 0 Å². The quantitative estimate of drug-likeness (QED) is 0.822. The van der Waals surface area contributed by atoms with E-state index in [4.69, 9.17) is 0 Å². The molecule has 0 saturated carbocycles. The summed E-state index contributed by atoms with van der Waals surface area (Å²) in [4.78, 5) is 22.5. The van der Waals surface area contributed by atoms with Crippen molar-refractivity contribution in [3.8, 4) is 0 Å². The molecular formula is C16H15N3OS. The van der Waals surface area contributed by atoms with Crippen molar-refractivity contribution in [1.82, 2.24) is 9.88 Å². The maximum atomic E-state index is 12.1. The first-order valence-corrected chi connectivity index (χ1v) is 7.96. The molecule has 0 unspecified atom stereocenters. The fourth-order valence-electron chi connectivity index (χ4n) is 2.81. The van der Waals surface area contributed by atoms with Gasteiger partial charge in [-0.15, -0.1) is 0 Å². The molecule has 0 aliphatic carbocycles. The summed E-state index contributed by atoms with van der Waals surface area (Å²) in [5, 5.41) is 2.02. The van der Waals surface area contributed by atoms with Gasteiger partial charge in [0.1, 0.15) is 0 Å². The molecule has 4 rings (SSSR count). The minimum atomic E-state index is -0.120. The number of aliphatic imine (C=N–C) groups is 1. The SMILES string of the molecule is O=C1N=C(N2CCCC2)S/C1=C\c1cccc2cc[nH]c12. The second-order valence-corrected chi connectivity index (χ2v) is 6.30. The lowest BCUT2D eigenvalue weighted by atomic mass is 10.1. The maximum absolute atomic E-state index is 12.1. The van der Waals surface area contributed by atoms with Gasteiger partial charge >= 0.3 is 0 Å². The van der Waals surface area contributed by atoms with Crippen LogP contribution in [0.5, 0.6) is 0 Å². The number of thioether (sulfide) groups is 1. The first kappa shape index (κ1) is 12.7. The van der Waals surface area contributed by atoms with Crippen LogP contribution in [0.25, 0.3) is 17.0 Å². The van der Waals surface area contributed by atoms with Crippen LogP contribution in [0.3, 0.4) is 0 Å². The Bertz CT molecular complexity index is 769. The first-order chi connectivity index (χ1) is 10.3. The first-order valence-electron chi connectivity index (χ1n) is 7.15. The van der Waals surface area contributed by atoms with Crippen molar-refractivity contribution in [2.75, 3.05) is 13.1 Å². The van der Waals surface area contributed by atoms with Crippen LogP contribution in [-0.2, 0) is 4.79 Å². The Kier molecular flexibility index (Phi) is 3.07. The number of likely N-dealkylation sites (tertiary alicyclic amines) is 1. The van der Waals surface area contributed by atoms with Gasteiger partial charge in [-0.3, -0.25) is 4.79 Å². The van der Waals surface area contributed by atoms with Crippen molar-refractivity contribution in [2.45, 2.75) is 12.8 Å². The summed E-state index contributed by atoms with van der Waals surface area (Å²) in [6.07, 6.45) is 6.24. The number of para-hydroxylation sites is 1. The smallest absolute Gasteiger partial charge is 0.286 e. The molecule has 2 aliphatic heterocycles. The summed E-state index contributed by atoms with van der Waals surface area (Å²) in [6, 6.07) is 8.12. The van der Waals surface area contributed by atoms with E-state index in [9.17, 15) is 4.79 Å². The highest BCUT2D eigenvalue weighted by atomic mass is 32.2. The lowest BCUT2D eigenvalue weighted by molar-refractivity contribution is -0.113. The van der Waals surface area contributed by atoms with Crippen LogP contribution in [0.2, 0.25) is 0 Å². The Morgan fingerprint density at radius 3 is 2.95 bits per heavy atom. The van der Waals surface area contributed by atoms with Crippen LogP contribution in [0.1, 0.15) is 18.4 Å². The summed E-state index contributed by atoms with van der Waals surface area (Å²) < 4.78 is 0. The van der Waals surface area contributed by atoms with E-state index in [1.165, 1.54) is 24.6 Å². The third kappa shape index (κ3) is 2.27. The number of hydrogen-bond donors (Lipinski definition) is 1. The van der Waals surface area contributed by atoms with Crippen LogP contribution in [0.4, 0.5) is 0 Å². The van der Waals surface area contributed by atoms with Crippen LogP contribution >= 0.6 is 11.8 Å². The van der Waals surface area contributed by atoms with Gasteiger partial charge in [0, 0.05) is 19.3 Å². The zero-order valence-electron chi connectivity index (χ0n) is 11.5. The highest BCUT2D eigenvalue weighted by Crippen LogP contribution is 2.32. The summed E-state index contributed by atoms with van der Waals surface area (Å²) in [5.41, 5.74) is 2.10. The predicted molar refractivity (Wildman–Crippen MR) is 87.1 cm³/mol. The van der Waals surface area contributed by atoms with Gasteiger partial charge in [-0.05, 0) is 47.7 Å². The van der Waals surface area contributed by atoms with Crippen LogP contribution in [0.15, 0.2) is 40.4 Å². The fourth-order valence-corrected chi connectivity index (χ4v) is 3.77. The molecular weight excluding hydrogens is 282 g/mol. The normalized spacial score (nSPS) is 20.8. The fraction of sp³-hybridized carbons (Fsp3) is 0.250. The van der Waals surface area contributed by atoms with Gasteiger partial charge < -0.3 is 9.88 Å². The third-order valence-corrected chi connectivity index (χ3v) is 4.94. The minimum absolute atomic E-state index is 0.120. The van der Waals surface area contributed by atoms with E-state index in [1.54, 1.807) is 0 Å². The average molecular weight is 297 g/mol. The molecule has 21 heavy (non-hydrogen) atoms. The molecule has 1 fully saturated rings. The number of aromatic amines is 1. The second kappa shape index (κ2) is 5.07. The molecule has 106 valence electrons. The molecule has 0 bridgehead atoms. The average Bonchev–Trinajstić information content (AvgIpc) is 3.20.